The van der Waals surface area contributed by atoms with Crippen LogP contribution >= 0.6 is 0 Å². The van der Waals surface area contributed by atoms with Crippen LogP contribution in [0.5, 0.6) is 0 Å². The standard InChI is InChI=1S/C19H29N3O/c1-4-21-10-8-18(9-11-21)22-12-7-16-5-6-17(13-19(16)22)14(2)20-15(3)23/h5-6,13-14,18H,4,7-12H2,1-3H3,(H,20,23). The zero-order chi connectivity index (χ0) is 16.4. The average Bonchev–Trinajstić information content (AvgIpc) is 2.97. The molecule has 2 aliphatic rings. The van der Waals surface area contributed by atoms with Gasteiger partial charge in [-0.25, -0.2) is 0 Å². The Labute approximate surface area is 139 Å². The first-order valence-electron chi connectivity index (χ1n) is 8.97. The Morgan fingerprint density at radius 1 is 1.30 bits per heavy atom. The van der Waals surface area contributed by atoms with Gasteiger partial charge in [0.05, 0.1) is 6.04 Å². The Bertz CT molecular complexity index is 564. The molecular weight excluding hydrogens is 286 g/mol. The minimum Gasteiger partial charge on any atom is -0.368 e. The summed E-state index contributed by atoms with van der Waals surface area (Å²) in [5.74, 6) is 0.0294. The van der Waals surface area contributed by atoms with Gasteiger partial charge >= 0.3 is 0 Å². The second-order valence-electron chi connectivity index (χ2n) is 6.92. The van der Waals surface area contributed by atoms with Crippen molar-refractivity contribution in [3.63, 3.8) is 0 Å². The van der Waals surface area contributed by atoms with Crippen LogP contribution in [0.2, 0.25) is 0 Å². The van der Waals surface area contributed by atoms with Crippen LogP contribution in [0, 0.1) is 0 Å². The number of benzene rings is 1. The quantitative estimate of drug-likeness (QED) is 0.928. The summed E-state index contributed by atoms with van der Waals surface area (Å²) in [6.45, 7) is 10.6. The van der Waals surface area contributed by atoms with E-state index in [1.165, 1.54) is 49.3 Å². The van der Waals surface area contributed by atoms with E-state index in [1.54, 1.807) is 6.92 Å². The smallest absolute Gasteiger partial charge is 0.217 e. The third kappa shape index (κ3) is 3.52. The molecule has 0 spiro atoms. The first-order valence-corrected chi connectivity index (χ1v) is 8.97. The van der Waals surface area contributed by atoms with Crippen LogP contribution in [-0.2, 0) is 11.2 Å². The molecule has 4 nitrogen and oxygen atoms in total. The lowest BCUT2D eigenvalue weighted by molar-refractivity contribution is -0.119. The number of likely N-dealkylation sites (tertiary alicyclic amines) is 1. The van der Waals surface area contributed by atoms with Crippen molar-refractivity contribution in [2.75, 3.05) is 31.1 Å². The fraction of sp³-hybridized carbons (Fsp3) is 0.632. The minimum atomic E-state index is 0.0294. The van der Waals surface area contributed by atoms with E-state index in [2.05, 4.69) is 47.2 Å². The molecule has 0 aliphatic carbocycles. The Balaban J connectivity index is 1.75. The van der Waals surface area contributed by atoms with E-state index in [1.807, 2.05) is 0 Å². The highest BCUT2D eigenvalue weighted by Gasteiger charge is 2.29. The van der Waals surface area contributed by atoms with Crippen molar-refractivity contribution in [1.82, 2.24) is 10.2 Å². The van der Waals surface area contributed by atoms with Crippen LogP contribution in [-0.4, -0.2) is 43.0 Å². The first kappa shape index (κ1) is 16.3. The SMILES string of the molecule is CCN1CCC(N2CCc3ccc(C(C)NC(C)=O)cc32)CC1. The van der Waals surface area contributed by atoms with Gasteiger partial charge in [-0.2, -0.15) is 0 Å². The summed E-state index contributed by atoms with van der Waals surface area (Å²) in [4.78, 5) is 16.5. The van der Waals surface area contributed by atoms with E-state index in [-0.39, 0.29) is 11.9 Å². The van der Waals surface area contributed by atoms with E-state index < -0.39 is 0 Å². The van der Waals surface area contributed by atoms with Gasteiger partial charge in [-0.3, -0.25) is 4.79 Å². The predicted molar refractivity (Wildman–Crippen MR) is 94.9 cm³/mol. The molecule has 1 fully saturated rings. The molecule has 4 heteroatoms. The highest BCUT2D eigenvalue weighted by molar-refractivity contribution is 5.73. The van der Waals surface area contributed by atoms with E-state index in [0.29, 0.717) is 6.04 Å². The molecule has 1 saturated heterocycles. The molecule has 3 rings (SSSR count). The van der Waals surface area contributed by atoms with Crippen molar-refractivity contribution in [3.05, 3.63) is 29.3 Å². The number of carbonyl (C=O) groups excluding carboxylic acids is 1. The third-order valence-corrected chi connectivity index (χ3v) is 5.41. The van der Waals surface area contributed by atoms with E-state index >= 15 is 0 Å². The van der Waals surface area contributed by atoms with Gasteiger partial charge in [0.1, 0.15) is 0 Å². The fourth-order valence-electron chi connectivity index (χ4n) is 4.01. The predicted octanol–water partition coefficient (Wildman–Crippen LogP) is 2.73. The number of piperidine rings is 1. The summed E-state index contributed by atoms with van der Waals surface area (Å²) in [5.41, 5.74) is 4.06. The van der Waals surface area contributed by atoms with Crippen LogP contribution in [0.4, 0.5) is 5.69 Å². The van der Waals surface area contributed by atoms with Crippen molar-refractivity contribution in [1.29, 1.82) is 0 Å². The summed E-state index contributed by atoms with van der Waals surface area (Å²) in [6.07, 6.45) is 3.68. The van der Waals surface area contributed by atoms with E-state index in [9.17, 15) is 4.79 Å². The highest BCUT2D eigenvalue weighted by Crippen LogP contribution is 2.34. The van der Waals surface area contributed by atoms with Gasteiger partial charge in [-0.1, -0.05) is 19.1 Å². The van der Waals surface area contributed by atoms with Gasteiger partial charge in [0.2, 0.25) is 5.91 Å². The second kappa shape index (κ2) is 6.91. The van der Waals surface area contributed by atoms with Gasteiger partial charge < -0.3 is 15.1 Å². The molecule has 2 heterocycles. The monoisotopic (exact) mass is 315 g/mol. The van der Waals surface area contributed by atoms with Crippen molar-refractivity contribution in [2.24, 2.45) is 0 Å². The summed E-state index contributed by atoms with van der Waals surface area (Å²) >= 11 is 0. The van der Waals surface area contributed by atoms with Crippen LogP contribution < -0.4 is 10.2 Å². The summed E-state index contributed by atoms with van der Waals surface area (Å²) in [7, 11) is 0. The minimum absolute atomic E-state index is 0.0294. The van der Waals surface area contributed by atoms with Crippen molar-refractivity contribution < 1.29 is 4.79 Å². The molecule has 0 bridgehead atoms. The topological polar surface area (TPSA) is 35.6 Å². The number of nitrogens with zero attached hydrogens (tertiary/aromatic N) is 2. The van der Waals surface area contributed by atoms with Crippen LogP contribution in [0.1, 0.15) is 50.8 Å². The lowest BCUT2D eigenvalue weighted by atomic mass is 10.0. The maximum atomic E-state index is 11.3. The van der Waals surface area contributed by atoms with Crippen molar-refractivity contribution >= 4 is 11.6 Å². The fourth-order valence-corrected chi connectivity index (χ4v) is 4.01. The molecule has 0 aromatic heterocycles. The number of nitrogens with one attached hydrogen (secondary N) is 1. The Morgan fingerprint density at radius 3 is 2.70 bits per heavy atom. The Hall–Kier alpha value is -1.55. The van der Waals surface area contributed by atoms with Gasteiger partial charge in [0, 0.05) is 38.3 Å². The second-order valence-corrected chi connectivity index (χ2v) is 6.92. The number of carbonyl (C=O) groups is 1. The van der Waals surface area contributed by atoms with E-state index in [0.717, 1.165) is 13.0 Å². The molecule has 23 heavy (non-hydrogen) atoms. The van der Waals surface area contributed by atoms with Crippen LogP contribution in [0.25, 0.3) is 0 Å². The molecule has 1 unspecified atom stereocenters. The van der Waals surface area contributed by atoms with Crippen LogP contribution in [0.15, 0.2) is 18.2 Å². The largest absolute Gasteiger partial charge is 0.368 e. The molecule has 1 amide bonds. The molecular formula is C19H29N3O. The Kier molecular flexibility index (Phi) is 4.90. The first-order chi connectivity index (χ1) is 11.1. The zero-order valence-corrected chi connectivity index (χ0v) is 14.6. The summed E-state index contributed by atoms with van der Waals surface area (Å²) in [6, 6.07) is 7.47. The summed E-state index contributed by atoms with van der Waals surface area (Å²) < 4.78 is 0. The summed E-state index contributed by atoms with van der Waals surface area (Å²) in [5, 5.41) is 2.99. The maximum Gasteiger partial charge on any atom is 0.217 e. The maximum absolute atomic E-state index is 11.3. The lowest BCUT2D eigenvalue weighted by Gasteiger charge is -2.38. The van der Waals surface area contributed by atoms with Gasteiger partial charge in [0.15, 0.2) is 0 Å². The Morgan fingerprint density at radius 2 is 2.04 bits per heavy atom. The van der Waals surface area contributed by atoms with Gasteiger partial charge in [-0.05, 0) is 49.9 Å². The third-order valence-electron chi connectivity index (χ3n) is 5.41. The lowest BCUT2D eigenvalue weighted by Crippen LogP contribution is -2.44. The normalized spacial score (nSPS) is 20.4. The molecule has 0 saturated carbocycles. The van der Waals surface area contributed by atoms with Crippen molar-refractivity contribution in [3.8, 4) is 0 Å². The van der Waals surface area contributed by atoms with Crippen LogP contribution in [0.3, 0.4) is 0 Å². The van der Waals surface area contributed by atoms with Gasteiger partial charge in [0.25, 0.3) is 0 Å². The number of rotatable bonds is 4. The molecule has 1 aromatic carbocycles. The molecule has 1 N–H and O–H groups in total. The number of anilines is 1. The van der Waals surface area contributed by atoms with E-state index in [4.69, 9.17) is 0 Å². The number of fused-ring (bicyclic) bond motifs is 1. The highest BCUT2D eigenvalue weighted by atomic mass is 16.1. The number of amides is 1. The molecule has 1 atom stereocenters. The molecule has 0 radical (unpaired) electrons. The van der Waals surface area contributed by atoms with Gasteiger partial charge in [-0.15, -0.1) is 0 Å². The number of hydrogen-bond acceptors (Lipinski definition) is 3. The number of hydrogen-bond donors (Lipinski definition) is 1. The average molecular weight is 315 g/mol. The molecule has 1 aromatic rings. The molecule has 2 aliphatic heterocycles. The van der Waals surface area contributed by atoms with Crippen molar-refractivity contribution in [2.45, 2.75) is 52.1 Å². The zero-order valence-electron chi connectivity index (χ0n) is 14.6. The molecule has 126 valence electrons.